The Balaban J connectivity index is 1.46. The van der Waals surface area contributed by atoms with E-state index in [0.29, 0.717) is 18.1 Å². The van der Waals surface area contributed by atoms with Crippen LogP contribution in [0.5, 0.6) is 5.75 Å². The molecule has 0 bridgehead atoms. The molecule has 0 saturated heterocycles. The minimum Gasteiger partial charge on any atom is -0.490 e. The Morgan fingerprint density at radius 3 is 2.37 bits per heavy atom. The average Bonchev–Trinajstić information content (AvgIpc) is 3.09. The molecule has 0 amide bonds. The molecule has 1 aliphatic heterocycles. The van der Waals surface area contributed by atoms with Crippen molar-refractivity contribution in [1.29, 1.82) is 0 Å². The van der Waals surface area contributed by atoms with Crippen molar-refractivity contribution >= 4 is 17.2 Å². The van der Waals surface area contributed by atoms with E-state index in [1.807, 2.05) is 0 Å². The number of hydrogen-bond acceptors (Lipinski definition) is 3. The fraction of sp³-hybridized carbons (Fsp3) is 0.542. The lowest BCUT2D eigenvalue weighted by atomic mass is 9.72. The highest BCUT2D eigenvalue weighted by Gasteiger charge is 2.31. The van der Waals surface area contributed by atoms with Crippen LogP contribution in [0.15, 0.2) is 41.4 Å². The van der Waals surface area contributed by atoms with E-state index in [1.54, 1.807) is 6.40 Å². The van der Waals surface area contributed by atoms with Crippen LogP contribution in [0.1, 0.15) is 58.9 Å². The summed E-state index contributed by atoms with van der Waals surface area (Å²) in [4.78, 5) is 4.49. The normalized spacial score (nSPS) is 28.3. The Morgan fingerprint density at radius 2 is 1.70 bits per heavy atom. The molecular formula is C24H31NO2. The van der Waals surface area contributed by atoms with Crippen LogP contribution in [0.3, 0.4) is 0 Å². The van der Waals surface area contributed by atoms with E-state index >= 15 is 0 Å². The molecule has 2 aromatic rings. The summed E-state index contributed by atoms with van der Waals surface area (Å²) in [5.41, 5.74) is 1.34. The Labute approximate surface area is 162 Å². The smallest absolute Gasteiger partial charge is 0.170 e. The maximum absolute atomic E-state index is 6.33. The number of benzene rings is 2. The van der Waals surface area contributed by atoms with Crippen LogP contribution in [0, 0.1) is 11.3 Å². The molecule has 1 aliphatic carbocycles. The van der Waals surface area contributed by atoms with Gasteiger partial charge in [-0.2, -0.15) is 0 Å². The van der Waals surface area contributed by atoms with Gasteiger partial charge in [0.2, 0.25) is 0 Å². The van der Waals surface area contributed by atoms with Crippen LogP contribution in [-0.4, -0.2) is 19.1 Å². The van der Waals surface area contributed by atoms with Crippen LogP contribution in [-0.2, 0) is 10.3 Å². The molecule has 1 atom stereocenters. The third kappa shape index (κ3) is 3.83. The lowest BCUT2D eigenvalue weighted by Gasteiger charge is -2.37. The molecule has 1 heterocycles. The largest absolute Gasteiger partial charge is 0.490 e. The summed E-state index contributed by atoms with van der Waals surface area (Å²) in [6.07, 6.45) is 6.78. The number of nitrogens with zero attached hydrogens (tertiary/aromatic N) is 1. The van der Waals surface area contributed by atoms with Crippen LogP contribution < -0.4 is 4.74 Å². The van der Waals surface area contributed by atoms with Gasteiger partial charge in [-0.3, -0.25) is 0 Å². The predicted molar refractivity (Wildman–Crippen MR) is 112 cm³/mol. The number of hydrogen-bond donors (Lipinski definition) is 0. The zero-order chi connectivity index (χ0) is 19.1. The molecule has 27 heavy (non-hydrogen) atoms. The molecule has 0 unspecified atom stereocenters. The summed E-state index contributed by atoms with van der Waals surface area (Å²) in [5, 5.41) is 2.44. The van der Waals surface area contributed by atoms with E-state index < -0.39 is 0 Å². The van der Waals surface area contributed by atoms with Crippen molar-refractivity contribution in [2.45, 2.75) is 65.0 Å². The zero-order valence-electron chi connectivity index (χ0n) is 17.0. The molecule has 0 N–H and O–H groups in total. The number of rotatable bonds is 3. The van der Waals surface area contributed by atoms with E-state index in [1.165, 1.54) is 29.2 Å². The van der Waals surface area contributed by atoms with Crippen LogP contribution in [0.2, 0.25) is 0 Å². The van der Waals surface area contributed by atoms with Gasteiger partial charge in [0.1, 0.15) is 17.9 Å². The van der Waals surface area contributed by atoms with Gasteiger partial charge in [-0.1, -0.05) is 39.0 Å². The second kappa shape index (κ2) is 6.85. The summed E-state index contributed by atoms with van der Waals surface area (Å²) < 4.78 is 11.7. The third-order valence-electron chi connectivity index (χ3n) is 6.41. The highest BCUT2D eigenvalue weighted by Crippen LogP contribution is 2.39. The van der Waals surface area contributed by atoms with Crippen molar-refractivity contribution in [3.63, 3.8) is 0 Å². The molecule has 4 rings (SSSR count). The van der Waals surface area contributed by atoms with E-state index in [2.05, 4.69) is 69.1 Å². The highest BCUT2D eigenvalue weighted by molar-refractivity contribution is 5.85. The molecule has 0 spiro atoms. The van der Waals surface area contributed by atoms with Crippen molar-refractivity contribution in [2.75, 3.05) is 6.61 Å². The molecule has 0 aromatic heterocycles. The number of aliphatic imine (C=N–C) groups is 1. The van der Waals surface area contributed by atoms with Gasteiger partial charge in [-0.15, -0.1) is 0 Å². The second-order valence-corrected chi connectivity index (χ2v) is 9.50. The second-order valence-electron chi connectivity index (χ2n) is 9.50. The molecule has 2 aliphatic rings. The Hall–Kier alpha value is -2.03. The quantitative estimate of drug-likeness (QED) is 0.658. The van der Waals surface area contributed by atoms with Gasteiger partial charge >= 0.3 is 0 Å². The molecule has 0 radical (unpaired) electrons. The molecule has 2 aromatic carbocycles. The molecular weight excluding hydrogens is 334 g/mol. The zero-order valence-corrected chi connectivity index (χ0v) is 17.0. The van der Waals surface area contributed by atoms with Gasteiger partial charge in [0.25, 0.3) is 0 Å². The minimum absolute atomic E-state index is 0.269. The van der Waals surface area contributed by atoms with Crippen molar-refractivity contribution in [1.82, 2.24) is 0 Å². The standard InChI is InChI=1S/C24H31NO2/c1-23(2,3)19-8-11-21(12-9-19)27-22-10-6-17-13-20(7-5-18(17)14-22)24(4)15-26-16-25-24/h5-7,10,13-14,16,19,21H,8-9,11-12,15H2,1-4H3/t19?,21?,24-/m1/s1. The third-order valence-corrected chi connectivity index (χ3v) is 6.41. The lowest BCUT2D eigenvalue weighted by molar-refractivity contribution is 0.0883. The molecule has 1 fully saturated rings. The van der Waals surface area contributed by atoms with Crippen molar-refractivity contribution in [3.05, 3.63) is 42.0 Å². The van der Waals surface area contributed by atoms with Gasteiger partial charge in [-0.25, -0.2) is 4.99 Å². The Morgan fingerprint density at radius 1 is 1.00 bits per heavy atom. The first-order chi connectivity index (χ1) is 12.8. The minimum atomic E-state index is -0.269. The summed E-state index contributed by atoms with van der Waals surface area (Å²) in [6, 6.07) is 13.0. The van der Waals surface area contributed by atoms with Gasteiger partial charge < -0.3 is 9.47 Å². The molecule has 3 nitrogen and oxygen atoms in total. The fourth-order valence-corrected chi connectivity index (χ4v) is 4.42. The number of ether oxygens (including phenoxy) is 2. The van der Waals surface area contributed by atoms with Gasteiger partial charge in [0, 0.05) is 0 Å². The van der Waals surface area contributed by atoms with Gasteiger partial charge in [0.05, 0.1) is 6.10 Å². The molecule has 1 saturated carbocycles. The lowest BCUT2D eigenvalue weighted by Crippen LogP contribution is -2.30. The summed E-state index contributed by atoms with van der Waals surface area (Å²) >= 11 is 0. The monoisotopic (exact) mass is 365 g/mol. The van der Waals surface area contributed by atoms with E-state index in [9.17, 15) is 0 Å². The van der Waals surface area contributed by atoms with Crippen LogP contribution in [0.4, 0.5) is 0 Å². The van der Waals surface area contributed by atoms with Crippen molar-refractivity contribution < 1.29 is 9.47 Å². The summed E-state index contributed by atoms with van der Waals surface area (Å²) in [6.45, 7) is 9.81. The van der Waals surface area contributed by atoms with Gasteiger partial charge in [-0.05, 0) is 78.5 Å². The van der Waals surface area contributed by atoms with Crippen molar-refractivity contribution in [3.8, 4) is 5.75 Å². The molecule has 3 heteroatoms. The average molecular weight is 366 g/mol. The molecule has 144 valence electrons. The van der Waals surface area contributed by atoms with E-state index in [4.69, 9.17) is 9.47 Å². The Bertz CT molecular complexity index is 843. The maximum Gasteiger partial charge on any atom is 0.170 e. The SMILES string of the molecule is CC(C)(C)C1CCC(Oc2ccc3cc([C@@]4(C)COC=N4)ccc3c2)CC1. The van der Waals surface area contributed by atoms with Crippen LogP contribution in [0.25, 0.3) is 10.8 Å². The first-order valence-electron chi connectivity index (χ1n) is 10.2. The van der Waals surface area contributed by atoms with Crippen molar-refractivity contribution in [2.24, 2.45) is 16.3 Å². The number of fused-ring (bicyclic) bond motifs is 1. The Kier molecular flexibility index (Phi) is 4.65. The van der Waals surface area contributed by atoms with Crippen LogP contribution >= 0.6 is 0 Å². The van der Waals surface area contributed by atoms with Gasteiger partial charge in [0.15, 0.2) is 6.40 Å². The summed E-state index contributed by atoms with van der Waals surface area (Å²) in [7, 11) is 0. The fourth-order valence-electron chi connectivity index (χ4n) is 4.42. The highest BCUT2D eigenvalue weighted by atomic mass is 16.5. The summed E-state index contributed by atoms with van der Waals surface area (Å²) in [5.74, 6) is 1.80. The topological polar surface area (TPSA) is 30.8 Å². The predicted octanol–water partition coefficient (Wildman–Crippen LogP) is 6.10. The van der Waals surface area contributed by atoms with E-state index in [-0.39, 0.29) is 5.54 Å². The van der Waals surface area contributed by atoms with E-state index in [0.717, 1.165) is 24.5 Å². The maximum atomic E-state index is 6.33. The first-order valence-corrected chi connectivity index (χ1v) is 10.2. The first kappa shape index (κ1) is 18.3.